The highest BCUT2D eigenvalue weighted by Gasteiger charge is 2.13. The van der Waals surface area contributed by atoms with Crippen LogP contribution in [0.15, 0.2) is 90.2 Å². The Morgan fingerprint density at radius 3 is 2.49 bits per heavy atom. The highest BCUT2D eigenvalue weighted by atomic mass is 16.5. The Labute approximate surface area is 212 Å². The zero-order chi connectivity index (χ0) is 25.2. The maximum absolute atomic E-state index is 5.62. The lowest BCUT2D eigenvalue weighted by atomic mass is 10.1. The van der Waals surface area contributed by atoms with E-state index in [1.807, 2.05) is 78.5 Å². The molecule has 0 aliphatic heterocycles. The molecule has 0 aliphatic rings. The summed E-state index contributed by atoms with van der Waals surface area (Å²) < 4.78 is 14.8. The number of methoxy groups -OCH3 is 1. The molecule has 0 N–H and O–H groups in total. The number of hydrogen-bond donors (Lipinski definition) is 0. The zero-order valence-electron chi connectivity index (χ0n) is 20.2. The van der Waals surface area contributed by atoms with Gasteiger partial charge < -0.3 is 13.8 Å². The molecule has 0 saturated carbocycles. The maximum Gasteiger partial charge on any atom is 0.258 e. The van der Waals surface area contributed by atoms with Crippen molar-refractivity contribution in [1.29, 1.82) is 0 Å². The van der Waals surface area contributed by atoms with E-state index in [4.69, 9.17) is 9.26 Å². The van der Waals surface area contributed by atoms with E-state index in [1.165, 1.54) is 0 Å². The lowest BCUT2D eigenvalue weighted by molar-refractivity contribution is 0.413. The van der Waals surface area contributed by atoms with Crippen molar-refractivity contribution in [3.8, 4) is 45.5 Å². The summed E-state index contributed by atoms with van der Waals surface area (Å²) in [5.41, 5.74) is 6.30. The van der Waals surface area contributed by atoms with Gasteiger partial charge in [-0.25, -0.2) is 9.67 Å². The SMILES string of the molecule is COc1cc(-c2cn(Cc3ccc(-c4noc(-c5ccncc5)n4)cc3)nn2)ccc1-n1cnc(C)c1. The van der Waals surface area contributed by atoms with Crippen molar-refractivity contribution in [2.75, 3.05) is 7.11 Å². The van der Waals surface area contributed by atoms with Gasteiger partial charge in [-0.05, 0) is 36.8 Å². The van der Waals surface area contributed by atoms with Crippen LogP contribution >= 0.6 is 0 Å². The van der Waals surface area contributed by atoms with Crippen molar-refractivity contribution in [1.82, 2.24) is 39.7 Å². The minimum atomic E-state index is 0.460. The number of ether oxygens (including phenoxy) is 1. The highest BCUT2D eigenvalue weighted by Crippen LogP contribution is 2.29. The second-order valence-corrected chi connectivity index (χ2v) is 8.47. The minimum absolute atomic E-state index is 0.460. The smallest absolute Gasteiger partial charge is 0.258 e. The van der Waals surface area contributed by atoms with E-state index < -0.39 is 0 Å². The monoisotopic (exact) mass is 490 g/mol. The Morgan fingerprint density at radius 2 is 1.73 bits per heavy atom. The average Bonchev–Trinajstić information content (AvgIpc) is 3.71. The Bertz CT molecular complexity index is 1650. The third-order valence-electron chi connectivity index (χ3n) is 5.91. The minimum Gasteiger partial charge on any atom is -0.495 e. The van der Waals surface area contributed by atoms with Gasteiger partial charge in [0.15, 0.2) is 0 Å². The quantitative estimate of drug-likeness (QED) is 0.319. The molecule has 2 aromatic carbocycles. The Hall–Kier alpha value is -5.12. The fourth-order valence-corrected chi connectivity index (χ4v) is 4.01. The van der Waals surface area contributed by atoms with Crippen LogP contribution in [-0.4, -0.2) is 46.8 Å². The van der Waals surface area contributed by atoms with E-state index in [2.05, 4.69) is 30.4 Å². The van der Waals surface area contributed by atoms with Gasteiger partial charge in [-0.2, -0.15) is 4.98 Å². The maximum atomic E-state index is 5.62. The molecule has 0 bridgehead atoms. The predicted molar refractivity (Wildman–Crippen MR) is 136 cm³/mol. The second kappa shape index (κ2) is 9.50. The van der Waals surface area contributed by atoms with E-state index in [-0.39, 0.29) is 0 Å². The van der Waals surface area contributed by atoms with Crippen LogP contribution in [0.1, 0.15) is 11.3 Å². The number of rotatable bonds is 7. The first-order chi connectivity index (χ1) is 18.2. The van der Waals surface area contributed by atoms with E-state index in [9.17, 15) is 0 Å². The molecule has 6 rings (SSSR count). The summed E-state index contributed by atoms with van der Waals surface area (Å²) in [6.07, 6.45) is 9.03. The van der Waals surface area contributed by atoms with Crippen molar-refractivity contribution in [3.63, 3.8) is 0 Å². The molecule has 4 aromatic heterocycles. The van der Waals surface area contributed by atoms with E-state index in [1.54, 1.807) is 30.5 Å². The molecule has 0 fully saturated rings. The summed E-state index contributed by atoms with van der Waals surface area (Å²) in [5, 5.41) is 12.8. The first-order valence-corrected chi connectivity index (χ1v) is 11.6. The molecule has 4 heterocycles. The van der Waals surface area contributed by atoms with Crippen LogP contribution in [0.3, 0.4) is 0 Å². The third kappa shape index (κ3) is 4.59. The molecular weight excluding hydrogens is 468 g/mol. The summed E-state index contributed by atoms with van der Waals surface area (Å²) in [5.74, 6) is 1.72. The van der Waals surface area contributed by atoms with Crippen LogP contribution in [0.4, 0.5) is 0 Å². The number of benzene rings is 2. The summed E-state index contributed by atoms with van der Waals surface area (Å²) in [6, 6.07) is 17.6. The molecular formula is C27H22N8O2. The summed E-state index contributed by atoms with van der Waals surface area (Å²) >= 11 is 0. The summed E-state index contributed by atoms with van der Waals surface area (Å²) in [4.78, 5) is 12.8. The van der Waals surface area contributed by atoms with E-state index >= 15 is 0 Å². The van der Waals surface area contributed by atoms with Crippen molar-refractivity contribution in [2.24, 2.45) is 0 Å². The van der Waals surface area contributed by atoms with Crippen LogP contribution in [-0.2, 0) is 6.54 Å². The summed E-state index contributed by atoms with van der Waals surface area (Å²) in [6.45, 7) is 2.53. The molecule has 37 heavy (non-hydrogen) atoms. The molecule has 0 unspecified atom stereocenters. The van der Waals surface area contributed by atoms with Gasteiger partial charge in [0.05, 0.1) is 37.6 Å². The highest BCUT2D eigenvalue weighted by molar-refractivity contribution is 5.65. The van der Waals surface area contributed by atoms with Crippen molar-refractivity contribution >= 4 is 0 Å². The molecule has 0 amide bonds. The molecule has 10 nitrogen and oxygen atoms in total. The van der Waals surface area contributed by atoms with Gasteiger partial charge in [0.25, 0.3) is 5.89 Å². The molecule has 0 radical (unpaired) electrons. The van der Waals surface area contributed by atoms with Gasteiger partial charge in [-0.15, -0.1) is 5.10 Å². The molecule has 6 aromatic rings. The average molecular weight is 491 g/mol. The van der Waals surface area contributed by atoms with Crippen molar-refractivity contribution < 1.29 is 9.26 Å². The number of aromatic nitrogens is 8. The number of hydrogen-bond acceptors (Lipinski definition) is 8. The van der Waals surface area contributed by atoms with Crippen molar-refractivity contribution in [2.45, 2.75) is 13.5 Å². The molecule has 182 valence electrons. The second-order valence-electron chi connectivity index (χ2n) is 8.47. The largest absolute Gasteiger partial charge is 0.495 e. The Kier molecular flexibility index (Phi) is 5.74. The first-order valence-electron chi connectivity index (χ1n) is 11.6. The summed E-state index contributed by atoms with van der Waals surface area (Å²) in [7, 11) is 1.65. The number of pyridine rings is 1. The van der Waals surface area contributed by atoms with Gasteiger partial charge in [0, 0.05) is 35.3 Å². The fourth-order valence-electron chi connectivity index (χ4n) is 4.01. The van der Waals surface area contributed by atoms with Crippen LogP contribution in [0.25, 0.3) is 39.8 Å². The topological polar surface area (TPSA) is 110 Å². The van der Waals surface area contributed by atoms with Crippen molar-refractivity contribution in [3.05, 3.63) is 97.0 Å². The number of aryl methyl sites for hydroxylation is 1. The predicted octanol–water partition coefficient (Wildman–Crippen LogP) is 4.61. The van der Waals surface area contributed by atoms with Gasteiger partial charge in [0.2, 0.25) is 5.82 Å². The first kappa shape index (κ1) is 22.4. The molecule has 0 aliphatic carbocycles. The number of nitrogens with zero attached hydrogens (tertiary/aromatic N) is 8. The van der Waals surface area contributed by atoms with E-state index in [0.29, 0.717) is 18.3 Å². The zero-order valence-corrected chi connectivity index (χ0v) is 20.2. The molecule has 0 spiro atoms. The molecule has 0 atom stereocenters. The van der Waals surface area contributed by atoms with Gasteiger partial charge in [-0.1, -0.05) is 40.7 Å². The van der Waals surface area contributed by atoms with E-state index in [0.717, 1.165) is 45.1 Å². The normalized spacial score (nSPS) is 11.1. The fraction of sp³-hybridized carbons (Fsp3) is 0.111. The lowest BCUT2D eigenvalue weighted by Crippen LogP contribution is -2.00. The van der Waals surface area contributed by atoms with Crippen LogP contribution in [0, 0.1) is 6.92 Å². The number of imidazole rings is 1. The molecule has 0 saturated heterocycles. The van der Waals surface area contributed by atoms with Crippen LogP contribution in [0.2, 0.25) is 0 Å². The van der Waals surface area contributed by atoms with Gasteiger partial charge in [0.1, 0.15) is 11.4 Å². The van der Waals surface area contributed by atoms with Crippen LogP contribution < -0.4 is 4.74 Å². The Balaban J connectivity index is 1.17. The third-order valence-corrected chi connectivity index (χ3v) is 5.91. The molecule has 10 heteroatoms. The van der Waals surface area contributed by atoms with Crippen LogP contribution in [0.5, 0.6) is 5.75 Å². The Morgan fingerprint density at radius 1 is 0.919 bits per heavy atom. The van der Waals surface area contributed by atoms with Gasteiger partial charge >= 0.3 is 0 Å². The standard InChI is InChI=1S/C27H22N8O2/c1-18-14-34(17-29-18)24-8-7-22(13-25(24)36-2)23-16-35(33-31-23)15-19-3-5-20(6-4-19)26-30-27(37-32-26)21-9-11-28-12-10-21/h3-14,16-17H,15H2,1-2H3. The van der Waals surface area contributed by atoms with Gasteiger partial charge in [-0.3, -0.25) is 4.98 Å². The lowest BCUT2D eigenvalue weighted by Gasteiger charge is -2.10.